The lowest BCUT2D eigenvalue weighted by atomic mass is 9.78. The highest BCUT2D eigenvalue weighted by Crippen LogP contribution is 2.36. The molecule has 3 N–H and O–H groups in total. The molecular formula is C12H26N4O. The van der Waals surface area contributed by atoms with Gasteiger partial charge in [0.25, 0.3) is 0 Å². The number of hydrogen-bond acceptors (Lipinski definition) is 4. The summed E-state index contributed by atoms with van der Waals surface area (Å²) in [6.07, 6.45) is 1.93. The zero-order valence-electron chi connectivity index (χ0n) is 11.9. The summed E-state index contributed by atoms with van der Waals surface area (Å²) >= 11 is 0. The molecule has 0 bridgehead atoms. The van der Waals surface area contributed by atoms with Gasteiger partial charge >= 0.3 is 0 Å². The second kappa shape index (κ2) is 4.55. The van der Waals surface area contributed by atoms with Gasteiger partial charge in [0.15, 0.2) is 0 Å². The van der Waals surface area contributed by atoms with E-state index in [2.05, 4.69) is 45.1 Å². The monoisotopic (exact) mass is 242 g/mol. The van der Waals surface area contributed by atoms with Crippen LogP contribution in [0.4, 0.5) is 0 Å². The standard InChI is InChI=1S/C12H26N4O/c1-9(17)16(13)14-10-7-11(2,3)15(6)12(4,5)8-10/h10,14H,7-8,13H2,1-6H3. The average Bonchev–Trinajstić information content (AvgIpc) is 2.12. The van der Waals surface area contributed by atoms with Crippen LogP contribution in [0.25, 0.3) is 0 Å². The van der Waals surface area contributed by atoms with Gasteiger partial charge in [-0.25, -0.2) is 16.4 Å². The van der Waals surface area contributed by atoms with Gasteiger partial charge in [-0.2, -0.15) is 0 Å². The van der Waals surface area contributed by atoms with E-state index >= 15 is 0 Å². The fraction of sp³-hybridized carbons (Fsp3) is 0.917. The van der Waals surface area contributed by atoms with Crippen molar-refractivity contribution >= 4 is 5.91 Å². The highest BCUT2D eigenvalue weighted by Gasteiger charge is 2.43. The lowest BCUT2D eigenvalue weighted by Gasteiger charge is -2.54. The Bertz CT molecular complexity index is 283. The van der Waals surface area contributed by atoms with Crippen molar-refractivity contribution in [2.45, 2.75) is 64.6 Å². The first-order valence-electron chi connectivity index (χ1n) is 6.12. The van der Waals surface area contributed by atoms with Crippen LogP contribution < -0.4 is 11.3 Å². The van der Waals surface area contributed by atoms with E-state index in [9.17, 15) is 4.79 Å². The number of nitrogens with two attached hydrogens (primary N) is 1. The summed E-state index contributed by atoms with van der Waals surface area (Å²) in [4.78, 5) is 13.5. The third-order valence-electron chi connectivity index (χ3n) is 3.97. The van der Waals surface area contributed by atoms with Gasteiger partial charge in [0.1, 0.15) is 0 Å². The normalized spacial score (nSPS) is 24.6. The van der Waals surface area contributed by atoms with Gasteiger partial charge in [-0.15, -0.1) is 0 Å². The summed E-state index contributed by atoms with van der Waals surface area (Å²) in [7, 11) is 2.15. The third kappa shape index (κ3) is 3.18. The number of carbonyl (C=O) groups is 1. The van der Waals surface area contributed by atoms with Crippen LogP contribution >= 0.6 is 0 Å². The number of amides is 1. The molecule has 0 aromatic rings. The van der Waals surface area contributed by atoms with Crippen LogP contribution in [0.3, 0.4) is 0 Å². The Morgan fingerprint density at radius 1 is 1.29 bits per heavy atom. The van der Waals surface area contributed by atoms with E-state index in [0.717, 1.165) is 18.0 Å². The van der Waals surface area contributed by atoms with Gasteiger partial charge in [-0.1, -0.05) is 0 Å². The lowest BCUT2D eigenvalue weighted by molar-refractivity contribution is -0.135. The van der Waals surface area contributed by atoms with Crippen LogP contribution in [0.5, 0.6) is 0 Å². The molecule has 1 saturated heterocycles. The third-order valence-corrected chi connectivity index (χ3v) is 3.97. The number of carbonyl (C=O) groups excluding carboxylic acids is 1. The van der Waals surface area contributed by atoms with Crippen LogP contribution in [0, 0.1) is 0 Å². The van der Waals surface area contributed by atoms with Crippen molar-refractivity contribution in [3.05, 3.63) is 0 Å². The molecule has 1 rings (SSSR count). The first-order valence-corrected chi connectivity index (χ1v) is 6.12. The molecule has 0 atom stereocenters. The van der Waals surface area contributed by atoms with E-state index in [1.807, 2.05) is 0 Å². The highest BCUT2D eigenvalue weighted by atomic mass is 16.2. The zero-order valence-corrected chi connectivity index (χ0v) is 11.9. The van der Waals surface area contributed by atoms with Crippen molar-refractivity contribution < 1.29 is 4.79 Å². The van der Waals surface area contributed by atoms with E-state index in [0.29, 0.717) is 0 Å². The molecule has 0 unspecified atom stereocenters. The molecule has 0 aliphatic carbocycles. The van der Waals surface area contributed by atoms with Crippen molar-refractivity contribution in [3.8, 4) is 0 Å². The number of rotatable bonds is 2. The van der Waals surface area contributed by atoms with Gasteiger partial charge in [-0.3, -0.25) is 9.69 Å². The molecule has 1 heterocycles. The molecule has 1 aliphatic heterocycles. The molecule has 100 valence electrons. The van der Waals surface area contributed by atoms with Crippen molar-refractivity contribution in [2.24, 2.45) is 5.84 Å². The summed E-state index contributed by atoms with van der Waals surface area (Å²) in [5, 5.41) is 1.10. The van der Waals surface area contributed by atoms with Crippen molar-refractivity contribution in [3.63, 3.8) is 0 Å². The molecule has 5 heteroatoms. The SMILES string of the molecule is CC(=O)N(N)NC1CC(C)(C)N(C)C(C)(C)C1. The quantitative estimate of drug-likeness (QED) is 0.428. The molecule has 1 fully saturated rings. The van der Waals surface area contributed by atoms with Gasteiger partial charge in [-0.05, 0) is 47.6 Å². The molecule has 0 radical (unpaired) electrons. The van der Waals surface area contributed by atoms with Crippen LogP contribution in [0.15, 0.2) is 0 Å². The lowest BCUT2D eigenvalue weighted by Crippen LogP contribution is -2.64. The van der Waals surface area contributed by atoms with E-state index < -0.39 is 0 Å². The minimum absolute atomic E-state index is 0.0943. The predicted octanol–water partition coefficient (Wildman–Crippen LogP) is 0.865. The maximum Gasteiger partial charge on any atom is 0.248 e. The van der Waals surface area contributed by atoms with Gasteiger partial charge in [0, 0.05) is 24.0 Å². The minimum atomic E-state index is -0.167. The highest BCUT2D eigenvalue weighted by molar-refractivity contribution is 5.71. The maximum atomic E-state index is 11.1. The smallest absolute Gasteiger partial charge is 0.248 e. The second-order valence-electron chi connectivity index (χ2n) is 6.31. The van der Waals surface area contributed by atoms with Crippen LogP contribution in [0.2, 0.25) is 0 Å². The Morgan fingerprint density at radius 2 is 1.71 bits per heavy atom. The molecular weight excluding hydrogens is 216 g/mol. The molecule has 0 aromatic carbocycles. The van der Waals surface area contributed by atoms with E-state index in [4.69, 9.17) is 5.84 Å². The average molecular weight is 242 g/mol. The summed E-state index contributed by atoms with van der Waals surface area (Å²) in [5.74, 6) is 5.45. The number of nitrogens with zero attached hydrogens (tertiary/aromatic N) is 2. The van der Waals surface area contributed by atoms with E-state index in [1.54, 1.807) is 0 Å². The van der Waals surface area contributed by atoms with Crippen molar-refractivity contribution in [2.75, 3.05) is 7.05 Å². The fourth-order valence-electron chi connectivity index (χ4n) is 2.75. The Morgan fingerprint density at radius 3 is 2.06 bits per heavy atom. The van der Waals surface area contributed by atoms with Crippen molar-refractivity contribution in [1.29, 1.82) is 0 Å². The molecule has 0 spiro atoms. The maximum absolute atomic E-state index is 11.1. The fourth-order valence-corrected chi connectivity index (χ4v) is 2.75. The Hall–Kier alpha value is -0.650. The largest absolute Gasteiger partial charge is 0.296 e. The summed E-state index contributed by atoms with van der Waals surface area (Å²) < 4.78 is 0. The predicted molar refractivity (Wildman–Crippen MR) is 68.8 cm³/mol. The molecule has 5 nitrogen and oxygen atoms in total. The van der Waals surface area contributed by atoms with Crippen LogP contribution in [0.1, 0.15) is 47.5 Å². The Labute approximate surface area is 104 Å². The summed E-state index contributed by atoms with van der Waals surface area (Å²) in [6.45, 7) is 10.3. The summed E-state index contributed by atoms with van der Waals surface area (Å²) in [6, 6.07) is 0.227. The molecule has 0 saturated carbocycles. The van der Waals surface area contributed by atoms with Crippen LogP contribution in [-0.4, -0.2) is 40.1 Å². The number of piperidine rings is 1. The number of hydrogen-bond donors (Lipinski definition) is 2. The second-order valence-corrected chi connectivity index (χ2v) is 6.31. The molecule has 0 aromatic heterocycles. The van der Waals surface area contributed by atoms with Gasteiger partial charge < -0.3 is 0 Å². The van der Waals surface area contributed by atoms with Crippen LogP contribution in [-0.2, 0) is 4.79 Å². The topological polar surface area (TPSA) is 61.6 Å². The minimum Gasteiger partial charge on any atom is -0.296 e. The Balaban J connectivity index is 2.75. The molecule has 1 aliphatic rings. The van der Waals surface area contributed by atoms with Gasteiger partial charge in [0.05, 0.1) is 0 Å². The van der Waals surface area contributed by atoms with E-state index in [1.165, 1.54) is 6.92 Å². The number of likely N-dealkylation sites (tertiary alicyclic amines) is 1. The first kappa shape index (κ1) is 14.4. The zero-order chi connectivity index (χ0) is 13.4. The Kier molecular flexibility index (Phi) is 3.86. The molecule has 1 amide bonds. The summed E-state index contributed by atoms with van der Waals surface area (Å²) in [5.41, 5.74) is 3.27. The molecule has 17 heavy (non-hydrogen) atoms. The van der Waals surface area contributed by atoms with Gasteiger partial charge in [0.2, 0.25) is 5.91 Å². The number of hydrazine groups is 2. The van der Waals surface area contributed by atoms with Crippen molar-refractivity contribution in [1.82, 2.24) is 15.4 Å². The number of nitrogens with one attached hydrogen (secondary N) is 1. The van der Waals surface area contributed by atoms with E-state index in [-0.39, 0.29) is 23.0 Å². The first-order chi connectivity index (χ1) is 7.56.